The van der Waals surface area contributed by atoms with Crippen LogP contribution in [0.15, 0.2) is 24.3 Å². The highest BCUT2D eigenvalue weighted by Gasteiger charge is 2.03. The van der Waals surface area contributed by atoms with E-state index in [0.29, 0.717) is 0 Å². The Bertz CT molecular complexity index is 172. The maximum absolute atomic E-state index is 4.06. The molecule has 78 valence electrons. The molecule has 0 aliphatic rings. The van der Waals surface area contributed by atoms with Gasteiger partial charge in [-0.15, -0.1) is 0 Å². The minimum atomic E-state index is -0.345. The van der Waals surface area contributed by atoms with E-state index < -0.39 is 0 Å². The van der Waals surface area contributed by atoms with Crippen molar-refractivity contribution in [2.24, 2.45) is 0 Å². The van der Waals surface area contributed by atoms with Gasteiger partial charge >= 0.3 is 0 Å². The molecular weight excluding hydrogens is 176 g/mol. The van der Waals surface area contributed by atoms with Crippen molar-refractivity contribution >= 4 is 10.0 Å². The minimum Gasteiger partial charge on any atom is -0.249 e. The minimum absolute atomic E-state index is 0.345. The van der Waals surface area contributed by atoms with Crippen molar-refractivity contribution in [3.05, 3.63) is 24.3 Å². The summed E-state index contributed by atoms with van der Waals surface area (Å²) in [5, 5.41) is 0. The fourth-order valence-corrected chi connectivity index (χ4v) is 1.81. The molecule has 1 heteroatoms. The molecule has 0 unspecified atom stereocenters. The van der Waals surface area contributed by atoms with Crippen LogP contribution in [0.5, 0.6) is 0 Å². The lowest BCUT2D eigenvalue weighted by Gasteiger charge is -2.24. The molecule has 0 rings (SSSR count). The molecule has 0 spiro atoms. The van der Waals surface area contributed by atoms with Crippen molar-refractivity contribution in [1.29, 1.82) is 0 Å². The van der Waals surface area contributed by atoms with Gasteiger partial charge in [0, 0.05) is 0 Å². The second kappa shape index (κ2) is 6.31. The average molecular weight is 200 g/mol. The fraction of sp³-hybridized carbons (Fsp3) is 0.667. The fourth-order valence-electron chi connectivity index (χ4n) is 0.937. The first-order valence-electron chi connectivity index (χ1n) is 4.96. The Hall–Kier alpha value is -0.170. The third-order valence-electron chi connectivity index (χ3n) is 1.84. The molecule has 0 radical (unpaired) electrons. The molecule has 0 aromatic carbocycles. The summed E-state index contributed by atoms with van der Waals surface area (Å²) in [5.41, 5.74) is 1.29. The number of hydrogen-bond donors (Lipinski definition) is 0. The lowest BCUT2D eigenvalue weighted by Crippen LogP contribution is -1.98. The highest BCUT2D eigenvalue weighted by atomic mass is 32.3. The van der Waals surface area contributed by atoms with Gasteiger partial charge in [0.25, 0.3) is 0 Å². The van der Waals surface area contributed by atoms with Crippen molar-refractivity contribution < 1.29 is 0 Å². The molecular formula is C12H24S. The smallest absolute Gasteiger partial charge is 0.0195 e. The Morgan fingerprint density at radius 1 is 1.31 bits per heavy atom. The molecule has 0 amide bonds. The summed E-state index contributed by atoms with van der Waals surface area (Å²) in [4.78, 5) is 0. The Morgan fingerprint density at radius 3 is 2.38 bits per heavy atom. The molecule has 0 saturated carbocycles. The van der Waals surface area contributed by atoms with Crippen LogP contribution in [0.1, 0.15) is 26.2 Å². The average Bonchev–Trinajstić information content (AvgIpc) is 2.00. The molecule has 0 aromatic rings. The van der Waals surface area contributed by atoms with E-state index in [1.165, 1.54) is 30.6 Å². The summed E-state index contributed by atoms with van der Waals surface area (Å²) < 4.78 is 0. The third-order valence-corrected chi connectivity index (χ3v) is 3.27. The van der Waals surface area contributed by atoms with Gasteiger partial charge in [-0.1, -0.05) is 37.6 Å². The predicted octanol–water partition coefficient (Wildman–Crippen LogP) is 3.98. The number of unbranched alkanes of at least 4 members (excludes halogenated alkanes) is 1. The van der Waals surface area contributed by atoms with Gasteiger partial charge in [-0.3, -0.25) is 0 Å². The zero-order chi connectivity index (χ0) is 10.3. The second-order valence-corrected chi connectivity index (χ2v) is 8.98. The quantitative estimate of drug-likeness (QED) is 0.569. The molecule has 0 heterocycles. The van der Waals surface area contributed by atoms with Crippen LogP contribution >= 0.6 is 10.0 Å². The topological polar surface area (TPSA) is 0 Å². The van der Waals surface area contributed by atoms with E-state index in [4.69, 9.17) is 0 Å². The van der Waals surface area contributed by atoms with Crippen molar-refractivity contribution in [3.63, 3.8) is 0 Å². The second-order valence-electron chi connectivity index (χ2n) is 4.39. The van der Waals surface area contributed by atoms with Gasteiger partial charge in [0.15, 0.2) is 0 Å². The van der Waals surface area contributed by atoms with Crippen LogP contribution in [0.4, 0.5) is 0 Å². The summed E-state index contributed by atoms with van der Waals surface area (Å²) >= 11 is 0. The number of hydrogen-bond acceptors (Lipinski definition) is 0. The SMILES string of the molecule is C=C(C=CCCC)CCS(C)(C)C. The van der Waals surface area contributed by atoms with E-state index in [2.05, 4.69) is 44.4 Å². The molecule has 0 saturated heterocycles. The maximum atomic E-state index is 4.06. The van der Waals surface area contributed by atoms with Crippen LogP contribution < -0.4 is 0 Å². The first kappa shape index (κ1) is 12.8. The van der Waals surface area contributed by atoms with Gasteiger partial charge < -0.3 is 0 Å². The number of rotatable bonds is 6. The van der Waals surface area contributed by atoms with E-state index in [-0.39, 0.29) is 10.0 Å². The Kier molecular flexibility index (Phi) is 6.23. The normalized spacial score (nSPS) is 13.5. The van der Waals surface area contributed by atoms with Gasteiger partial charge in [-0.2, -0.15) is 0 Å². The third kappa shape index (κ3) is 9.75. The van der Waals surface area contributed by atoms with Crippen LogP contribution in [0.2, 0.25) is 0 Å². The van der Waals surface area contributed by atoms with Crippen LogP contribution in [0.25, 0.3) is 0 Å². The lowest BCUT2D eigenvalue weighted by molar-refractivity contribution is 0.956. The monoisotopic (exact) mass is 200 g/mol. The summed E-state index contributed by atoms with van der Waals surface area (Å²) in [6.45, 7) is 6.26. The molecule has 0 N–H and O–H groups in total. The largest absolute Gasteiger partial charge is 0.249 e. The zero-order valence-electron chi connectivity index (χ0n) is 9.60. The molecule has 0 aromatic heterocycles. The van der Waals surface area contributed by atoms with Crippen molar-refractivity contribution in [1.82, 2.24) is 0 Å². The van der Waals surface area contributed by atoms with Crippen LogP contribution in [0.3, 0.4) is 0 Å². The molecule has 13 heavy (non-hydrogen) atoms. The van der Waals surface area contributed by atoms with Gasteiger partial charge in [0.2, 0.25) is 0 Å². The molecule has 0 bridgehead atoms. The molecule has 0 fully saturated rings. The summed E-state index contributed by atoms with van der Waals surface area (Å²) in [6.07, 6.45) is 15.1. The molecule has 0 aliphatic carbocycles. The summed E-state index contributed by atoms with van der Waals surface area (Å²) in [5.74, 6) is 1.31. The Labute approximate surface area is 85.4 Å². The van der Waals surface area contributed by atoms with Crippen molar-refractivity contribution in [2.45, 2.75) is 26.2 Å². The van der Waals surface area contributed by atoms with Crippen LogP contribution in [0, 0.1) is 0 Å². The van der Waals surface area contributed by atoms with E-state index in [1.807, 2.05) is 0 Å². The predicted molar refractivity (Wildman–Crippen MR) is 68.0 cm³/mol. The van der Waals surface area contributed by atoms with Gasteiger partial charge in [-0.05, 0) is 37.4 Å². The first-order chi connectivity index (χ1) is 5.95. The lowest BCUT2D eigenvalue weighted by atomic mass is 10.2. The highest BCUT2D eigenvalue weighted by Crippen LogP contribution is 2.35. The highest BCUT2D eigenvalue weighted by molar-refractivity contribution is 8.32. The summed E-state index contributed by atoms with van der Waals surface area (Å²) in [7, 11) is -0.345. The zero-order valence-corrected chi connectivity index (χ0v) is 10.4. The van der Waals surface area contributed by atoms with E-state index >= 15 is 0 Å². The van der Waals surface area contributed by atoms with Gasteiger partial charge in [0.1, 0.15) is 0 Å². The van der Waals surface area contributed by atoms with Crippen molar-refractivity contribution in [2.75, 3.05) is 24.5 Å². The first-order valence-corrected chi connectivity index (χ1v) is 7.98. The van der Waals surface area contributed by atoms with E-state index in [0.717, 1.165) is 0 Å². The van der Waals surface area contributed by atoms with Crippen LogP contribution in [-0.4, -0.2) is 24.5 Å². The Balaban J connectivity index is 3.64. The van der Waals surface area contributed by atoms with E-state index in [9.17, 15) is 0 Å². The van der Waals surface area contributed by atoms with E-state index in [1.54, 1.807) is 0 Å². The summed E-state index contributed by atoms with van der Waals surface area (Å²) in [6, 6.07) is 0. The standard InChI is InChI=1S/C12H24S/c1-6-7-8-9-12(2)10-11-13(3,4)5/h8-9H,2,6-7,10-11H2,1,3-5H3. The number of allylic oxidation sites excluding steroid dienone is 3. The molecule has 0 nitrogen and oxygen atoms in total. The Morgan fingerprint density at radius 2 is 1.92 bits per heavy atom. The van der Waals surface area contributed by atoms with Crippen molar-refractivity contribution in [3.8, 4) is 0 Å². The molecule has 0 aliphatic heterocycles. The maximum Gasteiger partial charge on any atom is -0.0195 e. The van der Waals surface area contributed by atoms with Crippen LogP contribution in [-0.2, 0) is 0 Å². The van der Waals surface area contributed by atoms with Gasteiger partial charge in [0.05, 0.1) is 0 Å². The van der Waals surface area contributed by atoms with Gasteiger partial charge in [-0.25, -0.2) is 10.0 Å². The molecule has 0 atom stereocenters.